The quantitative estimate of drug-likeness (QED) is 0.536. The van der Waals surface area contributed by atoms with Gasteiger partial charge < -0.3 is 11.1 Å². The number of anilines is 2. The normalized spacial score (nSPS) is 18.7. The predicted octanol–water partition coefficient (Wildman–Crippen LogP) is 5.69. The van der Waals surface area contributed by atoms with Crippen LogP contribution in [0.15, 0.2) is 60.7 Å². The lowest BCUT2D eigenvalue weighted by atomic mass is 9.77. The van der Waals surface area contributed by atoms with E-state index in [-0.39, 0.29) is 5.91 Å². The van der Waals surface area contributed by atoms with Crippen molar-refractivity contribution in [3.63, 3.8) is 0 Å². The van der Waals surface area contributed by atoms with E-state index in [2.05, 4.69) is 39.8 Å². The van der Waals surface area contributed by atoms with Crippen LogP contribution < -0.4 is 11.1 Å². The highest BCUT2D eigenvalue weighted by molar-refractivity contribution is 6.30. The summed E-state index contributed by atoms with van der Waals surface area (Å²) in [6, 6.07) is 20.0. The largest absolute Gasteiger partial charge is 0.370 e. The van der Waals surface area contributed by atoms with Crippen molar-refractivity contribution in [3.05, 3.63) is 71.2 Å². The van der Waals surface area contributed by atoms with Crippen LogP contribution in [0.5, 0.6) is 0 Å². The Labute approximate surface area is 181 Å². The molecule has 1 fully saturated rings. The molecule has 4 rings (SSSR count). The Bertz CT molecular complexity index is 996. The molecule has 1 amide bonds. The van der Waals surface area contributed by atoms with Gasteiger partial charge in [0.2, 0.25) is 5.91 Å². The molecule has 0 radical (unpaired) electrons. The number of carbonyl (C=O) groups excluding carboxylic acids is 1. The zero-order valence-electron chi connectivity index (χ0n) is 16.7. The lowest BCUT2D eigenvalue weighted by molar-refractivity contribution is -0.119. The first kappa shape index (κ1) is 20.4. The van der Waals surface area contributed by atoms with Crippen molar-refractivity contribution in [1.29, 1.82) is 0 Å². The fraction of sp³-hybridized carbons (Fsp3) is 0.292. The second kappa shape index (κ2) is 9.26. The highest BCUT2D eigenvalue weighted by Crippen LogP contribution is 2.37. The molecule has 1 saturated carbocycles. The summed E-state index contributed by atoms with van der Waals surface area (Å²) in [5, 5.41) is 12.5. The molecule has 0 saturated heterocycles. The highest BCUT2D eigenvalue weighted by Gasteiger charge is 2.23. The van der Waals surface area contributed by atoms with Gasteiger partial charge in [-0.05, 0) is 73.4 Å². The van der Waals surface area contributed by atoms with Crippen LogP contribution in [0.3, 0.4) is 0 Å². The number of nitrogens with one attached hydrogen (secondary N) is 1. The number of carbonyl (C=O) groups is 1. The summed E-state index contributed by atoms with van der Waals surface area (Å²) < 4.78 is 0. The molecule has 1 aliphatic carbocycles. The van der Waals surface area contributed by atoms with Gasteiger partial charge in [-0.2, -0.15) is 0 Å². The number of amides is 1. The Morgan fingerprint density at radius 2 is 1.77 bits per heavy atom. The van der Waals surface area contributed by atoms with E-state index in [1.54, 1.807) is 0 Å². The summed E-state index contributed by atoms with van der Waals surface area (Å²) >= 11 is 6.02. The van der Waals surface area contributed by atoms with Crippen LogP contribution in [0, 0.1) is 5.92 Å². The molecule has 2 aromatic carbocycles. The van der Waals surface area contributed by atoms with E-state index in [1.165, 1.54) is 5.56 Å². The Hall–Kier alpha value is -2.92. The molecule has 0 atom stereocenters. The fourth-order valence-corrected chi connectivity index (χ4v) is 4.37. The average Bonchev–Trinajstić information content (AvgIpc) is 2.75. The van der Waals surface area contributed by atoms with Gasteiger partial charge in [0.1, 0.15) is 0 Å². The molecular formula is C24H25ClN4O. The molecule has 0 aliphatic heterocycles. The Morgan fingerprint density at radius 3 is 2.40 bits per heavy atom. The van der Waals surface area contributed by atoms with Crippen LogP contribution in [0.2, 0.25) is 5.02 Å². The molecule has 6 heteroatoms. The Morgan fingerprint density at radius 1 is 1.00 bits per heavy atom. The van der Waals surface area contributed by atoms with Crippen molar-refractivity contribution >= 4 is 29.0 Å². The first-order chi connectivity index (χ1) is 14.6. The van der Waals surface area contributed by atoms with E-state index >= 15 is 0 Å². The topological polar surface area (TPSA) is 80.9 Å². The number of aromatic nitrogens is 2. The second-order valence-corrected chi connectivity index (χ2v) is 8.39. The molecule has 154 valence electrons. The third kappa shape index (κ3) is 5.16. The van der Waals surface area contributed by atoms with Crippen molar-refractivity contribution in [2.45, 2.75) is 38.0 Å². The molecule has 5 nitrogen and oxygen atoms in total. The van der Waals surface area contributed by atoms with E-state index in [0.717, 1.165) is 42.6 Å². The van der Waals surface area contributed by atoms with Crippen LogP contribution in [-0.2, 0) is 4.79 Å². The molecule has 0 spiro atoms. The number of hydrogen-bond donors (Lipinski definition) is 2. The van der Waals surface area contributed by atoms with Gasteiger partial charge in [-0.15, -0.1) is 10.2 Å². The minimum Gasteiger partial charge on any atom is -0.370 e. The summed E-state index contributed by atoms with van der Waals surface area (Å²) in [6.07, 6.45) is 4.89. The monoisotopic (exact) mass is 420 g/mol. The van der Waals surface area contributed by atoms with Crippen molar-refractivity contribution in [3.8, 4) is 11.3 Å². The van der Waals surface area contributed by atoms with E-state index in [1.807, 2.05) is 36.4 Å². The zero-order valence-corrected chi connectivity index (χ0v) is 17.5. The number of benzene rings is 2. The van der Waals surface area contributed by atoms with E-state index < -0.39 is 0 Å². The molecule has 0 bridgehead atoms. The van der Waals surface area contributed by atoms with Crippen molar-refractivity contribution in [1.82, 2.24) is 10.2 Å². The summed E-state index contributed by atoms with van der Waals surface area (Å²) in [4.78, 5) is 11.1. The highest BCUT2D eigenvalue weighted by atomic mass is 35.5. The molecule has 1 aliphatic rings. The molecular weight excluding hydrogens is 396 g/mol. The zero-order chi connectivity index (χ0) is 20.9. The van der Waals surface area contributed by atoms with Crippen LogP contribution in [0.1, 0.15) is 43.6 Å². The maximum atomic E-state index is 11.1. The Kier molecular flexibility index (Phi) is 6.29. The lowest BCUT2D eigenvalue weighted by Gasteiger charge is -2.28. The summed E-state index contributed by atoms with van der Waals surface area (Å²) in [6.45, 7) is 0. The SMILES string of the molecule is NC(=O)C[C@H]1CC[C@@H](c2ccc(-c3ccc(Nc4cccc(Cl)c4)nn3)cc2)CC1. The van der Waals surface area contributed by atoms with Gasteiger partial charge in [-0.25, -0.2) is 0 Å². The maximum absolute atomic E-state index is 11.1. The van der Waals surface area contributed by atoms with Gasteiger partial charge >= 0.3 is 0 Å². The van der Waals surface area contributed by atoms with Gasteiger partial charge in [0, 0.05) is 22.7 Å². The number of halogens is 1. The molecule has 3 aromatic rings. The number of primary amides is 1. The molecule has 1 aromatic heterocycles. The lowest BCUT2D eigenvalue weighted by Crippen LogP contribution is -2.20. The minimum absolute atomic E-state index is 0.183. The number of rotatable bonds is 6. The summed E-state index contributed by atoms with van der Waals surface area (Å²) in [5.41, 5.74) is 9.44. The standard InChI is InChI=1S/C24H25ClN4O/c25-20-2-1-3-21(15-20)27-24-13-12-22(28-29-24)19-10-8-18(9-11-19)17-6-4-16(5-7-17)14-23(26)30/h1-3,8-13,15-17H,4-7,14H2,(H2,26,30)(H,27,29)/t16-,17+. The third-order valence-corrected chi connectivity index (χ3v) is 6.01. The van der Waals surface area contributed by atoms with Crippen LogP contribution in [0.4, 0.5) is 11.5 Å². The molecule has 1 heterocycles. The average molecular weight is 421 g/mol. The van der Waals surface area contributed by atoms with Crippen LogP contribution >= 0.6 is 11.6 Å². The van der Waals surface area contributed by atoms with Crippen molar-refractivity contribution in [2.24, 2.45) is 11.7 Å². The smallest absolute Gasteiger partial charge is 0.217 e. The summed E-state index contributed by atoms with van der Waals surface area (Å²) in [7, 11) is 0. The molecule has 0 unspecified atom stereocenters. The molecule has 3 N–H and O–H groups in total. The summed E-state index contributed by atoms with van der Waals surface area (Å²) in [5.74, 6) is 1.49. The first-order valence-corrected chi connectivity index (χ1v) is 10.7. The van der Waals surface area contributed by atoms with E-state index in [4.69, 9.17) is 17.3 Å². The maximum Gasteiger partial charge on any atom is 0.217 e. The van der Waals surface area contributed by atoms with E-state index in [9.17, 15) is 4.79 Å². The third-order valence-electron chi connectivity index (χ3n) is 5.78. The fourth-order valence-electron chi connectivity index (χ4n) is 4.18. The Balaban J connectivity index is 1.37. The number of hydrogen-bond acceptors (Lipinski definition) is 4. The van der Waals surface area contributed by atoms with Gasteiger partial charge in [-0.1, -0.05) is 41.9 Å². The van der Waals surface area contributed by atoms with Crippen LogP contribution in [-0.4, -0.2) is 16.1 Å². The van der Waals surface area contributed by atoms with Gasteiger partial charge in [-0.3, -0.25) is 4.79 Å². The molecule has 30 heavy (non-hydrogen) atoms. The van der Waals surface area contributed by atoms with Crippen molar-refractivity contribution in [2.75, 3.05) is 5.32 Å². The number of nitrogens with two attached hydrogens (primary N) is 1. The minimum atomic E-state index is -0.183. The van der Waals surface area contributed by atoms with Crippen LogP contribution in [0.25, 0.3) is 11.3 Å². The van der Waals surface area contributed by atoms with E-state index in [0.29, 0.717) is 29.1 Å². The van der Waals surface area contributed by atoms with Crippen molar-refractivity contribution < 1.29 is 4.79 Å². The first-order valence-electron chi connectivity index (χ1n) is 10.3. The predicted molar refractivity (Wildman–Crippen MR) is 121 cm³/mol. The van der Waals surface area contributed by atoms with Gasteiger partial charge in [0.15, 0.2) is 5.82 Å². The van der Waals surface area contributed by atoms with Gasteiger partial charge in [0.25, 0.3) is 0 Å². The number of nitrogens with zero attached hydrogens (tertiary/aromatic N) is 2. The second-order valence-electron chi connectivity index (χ2n) is 7.95. The van der Waals surface area contributed by atoms with Gasteiger partial charge in [0.05, 0.1) is 5.69 Å².